The molecule has 1 aromatic heterocycles. The van der Waals surface area contributed by atoms with E-state index in [9.17, 15) is 4.79 Å². The van der Waals surface area contributed by atoms with Crippen LogP contribution < -0.4 is 0 Å². The molecule has 1 aromatic carbocycles. The largest absolute Gasteiger partial charge is 0.372 e. The molecular weight excluding hydrogens is 347 g/mol. The zero-order valence-electron chi connectivity index (χ0n) is 13.1. The van der Waals surface area contributed by atoms with Crippen molar-refractivity contribution >= 4 is 29.1 Å². The lowest BCUT2D eigenvalue weighted by Gasteiger charge is -2.32. The highest BCUT2D eigenvalue weighted by atomic mass is 35.5. The van der Waals surface area contributed by atoms with Crippen molar-refractivity contribution < 1.29 is 9.53 Å². The predicted octanol–water partition coefficient (Wildman–Crippen LogP) is 4.21. The number of halogens is 2. The molecule has 1 atom stereocenters. The number of hydrogen-bond donors (Lipinski definition) is 0. The lowest BCUT2D eigenvalue weighted by molar-refractivity contribution is -0.00681. The summed E-state index contributed by atoms with van der Waals surface area (Å²) in [6, 6.07) is 8.84. The third-order valence-corrected chi connectivity index (χ3v) is 4.78. The number of rotatable bonds is 4. The van der Waals surface area contributed by atoms with Crippen molar-refractivity contribution in [2.24, 2.45) is 0 Å². The molecular formula is C18H18Cl2N2O2. The van der Waals surface area contributed by atoms with Crippen molar-refractivity contribution in [3.8, 4) is 0 Å². The molecule has 6 heteroatoms. The molecule has 2 heterocycles. The minimum absolute atomic E-state index is 0.0330. The normalized spacial score (nSPS) is 17.8. The van der Waals surface area contributed by atoms with E-state index in [1.807, 2.05) is 17.0 Å². The van der Waals surface area contributed by atoms with Crippen LogP contribution in [-0.2, 0) is 11.3 Å². The molecule has 0 N–H and O–H groups in total. The van der Waals surface area contributed by atoms with Crippen molar-refractivity contribution in [1.82, 2.24) is 9.88 Å². The number of aromatic nitrogens is 1. The Morgan fingerprint density at radius 3 is 2.92 bits per heavy atom. The van der Waals surface area contributed by atoms with E-state index in [-0.39, 0.29) is 12.0 Å². The Morgan fingerprint density at radius 2 is 2.17 bits per heavy atom. The minimum Gasteiger partial charge on any atom is -0.372 e. The van der Waals surface area contributed by atoms with E-state index < -0.39 is 0 Å². The lowest BCUT2D eigenvalue weighted by atomic mass is 10.1. The zero-order chi connectivity index (χ0) is 16.9. The molecule has 0 bridgehead atoms. The van der Waals surface area contributed by atoms with Crippen LogP contribution in [0.15, 0.2) is 42.7 Å². The Hall–Kier alpha value is -1.62. The van der Waals surface area contributed by atoms with Gasteiger partial charge in [-0.15, -0.1) is 0 Å². The summed E-state index contributed by atoms with van der Waals surface area (Å²) in [5.41, 5.74) is 1.59. The van der Waals surface area contributed by atoms with Gasteiger partial charge in [0, 0.05) is 31.0 Å². The van der Waals surface area contributed by atoms with Gasteiger partial charge in [0.15, 0.2) is 0 Å². The van der Waals surface area contributed by atoms with Crippen LogP contribution in [0.5, 0.6) is 0 Å². The van der Waals surface area contributed by atoms with Crippen molar-refractivity contribution in [3.63, 3.8) is 0 Å². The summed E-state index contributed by atoms with van der Waals surface area (Å²) in [6.07, 6.45) is 5.44. The fraction of sp³-hybridized carbons (Fsp3) is 0.333. The number of pyridine rings is 1. The van der Waals surface area contributed by atoms with Crippen LogP contribution in [0.1, 0.15) is 28.8 Å². The van der Waals surface area contributed by atoms with Crippen molar-refractivity contribution in [1.29, 1.82) is 0 Å². The number of nitrogens with zero attached hydrogens (tertiary/aromatic N) is 2. The van der Waals surface area contributed by atoms with E-state index in [1.54, 1.807) is 30.6 Å². The zero-order valence-corrected chi connectivity index (χ0v) is 14.6. The molecule has 1 fully saturated rings. The molecule has 126 valence electrons. The first-order valence-electron chi connectivity index (χ1n) is 7.88. The number of benzene rings is 1. The molecule has 2 aromatic rings. The second-order valence-electron chi connectivity index (χ2n) is 5.82. The lowest BCUT2D eigenvalue weighted by Crippen LogP contribution is -2.43. The second kappa shape index (κ2) is 7.97. The molecule has 1 unspecified atom stereocenters. The van der Waals surface area contributed by atoms with Crippen LogP contribution >= 0.6 is 23.2 Å². The average molecular weight is 365 g/mol. The molecule has 0 aliphatic carbocycles. The van der Waals surface area contributed by atoms with Gasteiger partial charge in [-0.3, -0.25) is 9.78 Å². The van der Waals surface area contributed by atoms with E-state index in [0.717, 1.165) is 24.9 Å². The highest BCUT2D eigenvalue weighted by Gasteiger charge is 2.25. The van der Waals surface area contributed by atoms with Gasteiger partial charge in [-0.2, -0.15) is 0 Å². The Bertz CT molecular complexity index is 709. The Balaban J connectivity index is 1.60. The second-order valence-corrected chi connectivity index (χ2v) is 6.63. The monoisotopic (exact) mass is 364 g/mol. The van der Waals surface area contributed by atoms with Gasteiger partial charge in [-0.1, -0.05) is 29.3 Å². The number of carbonyl (C=O) groups excluding carboxylic acids is 1. The van der Waals surface area contributed by atoms with Gasteiger partial charge < -0.3 is 9.64 Å². The van der Waals surface area contributed by atoms with E-state index in [4.69, 9.17) is 27.9 Å². The van der Waals surface area contributed by atoms with Gasteiger partial charge in [-0.25, -0.2) is 0 Å². The first kappa shape index (κ1) is 17.2. The first-order valence-corrected chi connectivity index (χ1v) is 8.64. The van der Waals surface area contributed by atoms with E-state index in [1.165, 1.54) is 0 Å². The third-order valence-electron chi connectivity index (χ3n) is 4.04. The summed E-state index contributed by atoms with van der Waals surface area (Å²) < 4.78 is 5.95. The summed E-state index contributed by atoms with van der Waals surface area (Å²) >= 11 is 11.9. The molecule has 24 heavy (non-hydrogen) atoms. The van der Waals surface area contributed by atoms with Crippen molar-refractivity contribution in [3.05, 3.63) is 63.9 Å². The maximum atomic E-state index is 12.6. The number of ether oxygens (including phenoxy) is 1. The highest BCUT2D eigenvalue weighted by Crippen LogP contribution is 2.24. The number of carbonyl (C=O) groups is 1. The first-order chi connectivity index (χ1) is 11.6. The van der Waals surface area contributed by atoms with E-state index in [2.05, 4.69) is 4.98 Å². The fourth-order valence-corrected chi connectivity index (χ4v) is 3.07. The van der Waals surface area contributed by atoms with Gasteiger partial charge in [-0.05, 0) is 42.7 Å². The summed E-state index contributed by atoms with van der Waals surface area (Å²) in [4.78, 5) is 18.5. The number of amides is 1. The molecule has 1 aliphatic heterocycles. The average Bonchev–Trinajstić information content (AvgIpc) is 2.63. The Morgan fingerprint density at radius 1 is 1.29 bits per heavy atom. The third kappa shape index (κ3) is 4.26. The number of likely N-dealkylation sites (tertiary alicyclic amines) is 1. The summed E-state index contributed by atoms with van der Waals surface area (Å²) in [7, 11) is 0. The minimum atomic E-state index is -0.0387. The molecule has 1 saturated heterocycles. The van der Waals surface area contributed by atoms with Crippen LogP contribution in [0.25, 0.3) is 0 Å². The molecule has 3 rings (SSSR count). The quantitative estimate of drug-likeness (QED) is 0.815. The van der Waals surface area contributed by atoms with Crippen LogP contribution in [0.4, 0.5) is 0 Å². The summed E-state index contributed by atoms with van der Waals surface area (Å²) in [5.74, 6) is -0.0387. The SMILES string of the molecule is O=C(c1ccc(Cl)c(Cl)c1)N1CCCC(OCc2cccnc2)C1. The van der Waals surface area contributed by atoms with Crippen LogP contribution in [-0.4, -0.2) is 35.0 Å². The standard InChI is InChI=1S/C18H18Cl2N2O2/c19-16-6-5-14(9-17(16)20)18(23)22-8-2-4-15(11-22)24-12-13-3-1-7-21-10-13/h1,3,5-7,9-10,15H,2,4,8,11-12H2. The van der Waals surface area contributed by atoms with Crippen molar-refractivity contribution in [2.45, 2.75) is 25.6 Å². The van der Waals surface area contributed by atoms with Crippen molar-refractivity contribution in [2.75, 3.05) is 13.1 Å². The van der Waals surface area contributed by atoms with E-state index in [0.29, 0.717) is 28.8 Å². The molecule has 0 spiro atoms. The molecule has 1 amide bonds. The topological polar surface area (TPSA) is 42.4 Å². The smallest absolute Gasteiger partial charge is 0.253 e. The molecule has 0 saturated carbocycles. The van der Waals surface area contributed by atoms with Gasteiger partial charge >= 0.3 is 0 Å². The predicted molar refractivity (Wildman–Crippen MR) is 94.4 cm³/mol. The van der Waals surface area contributed by atoms with Crippen LogP contribution in [0.3, 0.4) is 0 Å². The van der Waals surface area contributed by atoms with Gasteiger partial charge in [0.05, 0.1) is 22.8 Å². The number of hydrogen-bond acceptors (Lipinski definition) is 3. The maximum Gasteiger partial charge on any atom is 0.253 e. The van der Waals surface area contributed by atoms with Gasteiger partial charge in [0.25, 0.3) is 5.91 Å². The molecule has 0 radical (unpaired) electrons. The van der Waals surface area contributed by atoms with Crippen LogP contribution in [0, 0.1) is 0 Å². The Kier molecular flexibility index (Phi) is 5.72. The summed E-state index contributed by atoms with van der Waals surface area (Å²) in [6.45, 7) is 1.82. The Labute approximate surface area is 151 Å². The fourth-order valence-electron chi connectivity index (χ4n) is 2.77. The van der Waals surface area contributed by atoms with E-state index >= 15 is 0 Å². The summed E-state index contributed by atoms with van der Waals surface area (Å²) in [5, 5.41) is 0.841. The van der Waals surface area contributed by atoms with Gasteiger partial charge in [0.2, 0.25) is 0 Å². The number of piperidine rings is 1. The maximum absolute atomic E-state index is 12.6. The molecule has 4 nitrogen and oxygen atoms in total. The van der Waals surface area contributed by atoms with Crippen LogP contribution in [0.2, 0.25) is 10.0 Å². The molecule has 1 aliphatic rings. The highest BCUT2D eigenvalue weighted by molar-refractivity contribution is 6.42. The van der Waals surface area contributed by atoms with Gasteiger partial charge in [0.1, 0.15) is 0 Å².